The molecule has 7 heteroatoms. The number of amides is 1. The van der Waals surface area contributed by atoms with Crippen molar-refractivity contribution in [1.29, 1.82) is 0 Å². The number of fused-ring (bicyclic) bond motifs is 1. The molecule has 0 N–H and O–H groups in total. The number of carbonyl (C=O) groups excluding carboxylic acids is 1. The van der Waals surface area contributed by atoms with E-state index in [2.05, 4.69) is 20.8 Å². The van der Waals surface area contributed by atoms with Crippen LogP contribution in [0.2, 0.25) is 0 Å². The number of thioether (sulfide) groups is 1. The molecule has 1 amide bonds. The fraction of sp³-hybridized carbons (Fsp3) is 0.480. The van der Waals surface area contributed by atoms with Crippen LogP contribution in [-0.2, 0) is 11.2 Å². The van der Waals surface area contributed by atoms with E-state index in [9.17, 15) is 9.59 Å². The molecule has 0 radical (unpaired) electrons. The summed E-state index contributed by atoms with van der Waals surface area (Å²) in [5.74, 6) is 0.406. The summed E-state index contributed by atoms with van der Waals surface area (Å²) in [5, 5.41) is 1.29. The summed E-state index contributed by atoms with van der Waals surface area (Å²) in [6.07, 6.45) is 5.25. The first-order valence-corrected chi connectivity index (χ1v) is 13.3. The molecule has 0 bridgehead atoms. The molecule has 1 aromatic carbocycles. The maximum absolute atomic E-state index is 13.7. The van der Waals surface area contributed by atoms with Gasteiger partial charge in [0.25, 0.3) is 5.56 Å². The Morgan fingerprint density at radius 1 is 1.19 bits per heavy atom. The van der Waals surface area contributed by atoms with Crippen molar-refractivity contribution in [3.8, 4) is 5.69 Å². The third-order valence-electron chi connectivity index (χ3n) is 6.33. The molecule has 0 saturated carbocycles. The van der Waals surface area contributed by atoms with Gasteiger partial charge in [0.2, 0.25) is 5.91 Å². The van der Waals surface area contributed by atoms with Crippen molar-refractivity contribution in [1.82, 2.24) is 14.5 Å². The van der Waals surface area contributed by atoms with Crippen LogP contribution < -0.4 is 5.56 Å². The number of aryl methyl sites for hydroxylation is 2. The topological polar surface area (TPSA) is 55.2 Å². The summed E-state index contributed by atoms with van der Waals surface area (Å²) >= 11 is 2.98. The Kier molecular flexibility index (Phi) is 7.05. The summed E-state index contributed by atoms with van der Waals surface area (Å²) in [6.45, 7) is 8.44. The number of thiophene rings is 1. The fourth-order valence-electron chi connectivity index (χ4n) is 4.69. The lowest BCUT2D eigenvalue weighted by Gasteiger charge is -2.39. The first kappa shape index (κ1) is 23.1. The van der Waals surface area contributed by atoms with Crippen molar-refractivity contribution in [3.63, 3.8) is 0 Å². The molecule has 2 atom stereocenters. The highest BCUT2D eigenvalue weighted by atomic mass is 32.2. The van der Waals surface area contributed by atoms with Gasteiger partial charge in [0, 0.05) is 17.0 Å². The van der Waals surface area contributed by atoms with Crippen molar-refractivity contribution in [2.45, 2.75) is 77.0 Å². The number of piperidine rings is 1. The highest BCUT2D eigenvalue weighted by molar-refractivity contribution is 7.99. The largest absolute Gasteiger partial charge is 0.337 e. The van der Waals surface area contributed by atoms with E-state index in [1.807, 2.05) is 42.2 Å². The maximum atomic E-state index is 13.7. The van der Waals surface area contributed by atoms with Crippen LogP contribution >= 0.6 is 23.1 Å². The Hall–Kier alpha value is -2.12. The van der Waals surface area contributed by atoms with E-state index >= 15 is 0 Å². The van der Waals surface area contributed by atoms with Crippen molar-refractivity contribution in [2.75, 3.05) is 5.75 Å². The number of rotatable bonds is 6. The number of para-hydroxylation sites is 1. The van der Waals surface area contributed by atoms with E-state index in [4.69, 9.17) is 4.98 Å². The molecule has 3 aromatic rings. The van der Waals surface area contributed by atoms with Crippen LogP contribution in [0.3, 0.4) is 0 Å². The SMILES string of the molecule is CCCc1sc2nc(SCC(=O)N3[C@@H](C)CCC[C@@H]3C)n(-c3ccccc3)c(=O)c2c1C. The lowest BCUT2D eigenvalue weighted by Crippen LogP contribution is -2.48. The van der Waals surface area contributed by atoms with Crippen LogP contribution in [0.15, 0.2) is 40.3 Å². The van der Waals surface area contributed by atoms with E-state index in [0.29, 0.717) is 10.5 Å². The van der Waals surface area contributed by atoms with Gasteiger partial charge in [0.1, 0.15) is 4.83 Å². The predicted molar refractivity (Wildman–Crippen MR) is 134 cm³/mol. The molecule has 4 rings (SSSR count). The van der Waals surface area contributed by atoms with E-state index in [1.165, 1.54) is 23.1 Å². The van der Waals surface area contributed by atoms with Gasteiger partial charge in [-0.3, -0.25) is 14.2 Å². The number of benzene rings is 1. The summed E-state index contributed by atoms with van der Waals surface area (Å²) in [4.78, 5) is 35.7. The molecule has 1 aliphatic heterocycles. The number of nitrogens with zero attached hydrogens (tertiary/aromatic N) is 3. The Morgan fingerprint density at radius 2 is 1.88 bits per heavy atom. The van der Waals surface area contributed by atoms with Gasteiger partial charge in [0.15, 0.2) is 5.16 Å². The maximum Gasteiger partial charge on any atom is 0.267 e. The summed E-state index contributed by atoms with van der Waals surface area (Å²) < 4.78 is 1.68. The second kappa shape index (κ2) is 9.79. The van der Waals surface area contributed by atoms with Gasteiger partial charge < -0.3 is 4.90 Å². The molecule has 5 nitrogen and oxygen atoms in total. The molecule has 0 spiro atoms. The number of hydrogen-bond donors (Lipinski definition) is 0. The molecule has 170 valence electrons. The minimum absolute atomic E-state index is 0.0491. The average Bonchev–Trinajstić information content (AvgIpc) is 3.08. The minimum Gasteiger partial charge on any atom is -0.337 e. The lowest BCUT2D eigenvalue weighted by atomic mass is 9.98. The van der Waals surface area contributed by atoms with Crippen molar-refractivity contribution < 1.29 is 4.79 Å². The van der Waals surface area contributed by atoms with Gasteiger partial charge in [0.05, 0.1) is 16.8 Å². The zero-order valence-electron chi connectivity index (χ0n) is 19.3. The van der Waals surface area contributed by atoms with E-state index < -0.39 is 0 Å². The molecule has 1 saturated heterocycles. The van der Waals surface area contributed by atoms with Crippen molar-refractivity contribution >= 4 is 39.2 Å². The molecule has 1 fully saturated rings. The Morgan fingerprint density at radius 3 is 2.53 bits per heavy atom. The molecule has 0 unspecified atom stereocenters. The second-order valence-corrected chi connectivity index (χ2v) is 10.7. The normalized spacial score (nSPS) is 18.9. The zero-order chi connectivity index (χ0) is 22.8. The molecule has 3 heterocycles. The molecule has 0 aliphatic carbocycles. The van der Waals surface area contributed by atoms with Crippen LogP contribution in [0, 0.1) is 6.92 Å². The van der Waals surface area contributed by atoms with E-state index in [1.54, 1.807) is 15.9 Å². The highest BCUT2D eigenvalue weighted by Crippen LogP contribution is 2.31. The van der Waals surface area contributed by atoms with Gasteiger partial charge in [-0.1, -0.05) is 43.3 Å². The quantitative estimate of drug-likeness (QED) is 0.349. The number of hydrogen-bond acceptors (Lipinski definition) is 5. The predicted octanol–water partition coefficient (Wildman–Crippen LogP) is 5.59. The van der Waals surface area contributed by atoms with Crippen LogP contribution in [0.4, 0.5) is 0 Å². The lowest BCUT2D eigenvalue weighted by molar-refractivity contribution is -0.134. The number of likely N-dealkylation sites (tertiary alicyclic amines) is 1. The summed E-state index contributed by atoms with van der Waals surface area (Å²) in [6, 6.07) is 10.1. The van der Waals surface area contributed by atoms with Crippen LogP contribution in [0.25, 0.3) is 15.9 Å². The van der Waals surface area contributed by atoms with Gasteiger partial charge >= 0.3 is 0 Å². The molecule has 32 heavy (non-hydrogen) atoms. The zero-order valence-corrected chi connectivity index (χ0v) is 20.9. The van der Waals surface area contributed by atoms with E-state index in [0.717, 1.165) is 41.8 Å². The second-order valence-electron chi connectivity index (χ2n) is 8.67. The third kappa shape index (κ3) is 4.37. The van der Waals surface area contributed by atoms with Crippen molar-refractivity contribution in [3.05, 3.63) is 51.1 Å². The van der Waals surface area contributed by atoms with Crippen LogP contribution in [0.1, 0.15) is 56.9 Å². The van der Waals surface area contributed by atoms with E-state index in [-0.39, 0.29) is 29.3 Å². The molecular formula is C25H31N3O2S2. The first-order chi connectivity index (χ1) is 15.4. The van der Waals surface area contributed by atoms with Crippen molar-refractivity contribution in [2.24, 2.45) is 0 Å². The molecule has 2 aromatic heterocycles. The van der Waals surface area contributed by atoms with Crippen LogP contribution in [-0.4, -0.2) is 38.2 Å². The number of aromatic nitrogens is 2. The Labute approximate surface area is 197 Å². The van der Waals surface area contributed by atoms with Crippen LogP contribution in [0.5, 0.6) is 0 Å². The van der Waals surface area contributed by atoms with Gasteiger partial charge in [-0.15, -0.1) is 11.3 Å². The van der Waals surface area contributed by atoms with Gasteiger partial charge in [-0.2, -0.15) is 0 Å². The van der Waals surface area contributed by atoms with Gasteiger partial charge in [-0.05, 0) is 64.2 Å². The summed E-state index contributed by atoms with van der Waals surface area (Å²) in [7, 11) is 0. The fourth-order valence-corrected chi connectivity index (χ4v) is 6.89. The molecular weight excluding hydrogens is 438 g/mol. The van der Waals surface area contributed by atoms with Gasteiger partial charge in [-0.25, -0.2) is 4.98 Å². The first-order valence-electron chi connectivity index (χ1n) is 11.5. The third-order valence-corrected chi connectivity index (χ3v) is 8.50. The summed E-state index contributed by atoms with van der Waals surface area (Å²) in [5.41, 5.74) is 1.77. The average molecular weight is 470 g/mol. The minimum atomic E-state index is -0.0491. The standard InChI is InChI=1S/C25H31N3O2S2/c1-5-10-20-18(4)22-23(32-20)26-25(28(24(22)30)19-13-7-6-8-14-19)31-15-21(29)27-16(2)11-9-12-17(27)3/h6-8,13-14,16-17H,5,9-12,15H2,1-4H3/t16-,17-/m0/s1. The number of carbonyl (C=O) groups is 1. The Bertz CT molecular complexity index is 1160. The monoisotopic (exact) mass is 469 g/mol. The smallest absolute Gasteiger partial charge is 0.267 e. The Balaban J connectivity index is 1.74. The highest BCUT2D eigenvalue weighted by Gasteiger charge is 2.29. The molecule has 1 aliphatic rings.